The molecule has 1 saturated heterocycles. The third-order valence-electron chi connectivity index (χ3n) is 3.10. The SMILES string of the molecule is O=C(NC1CCCCNC1=O)c1cc(F)c(F)cc1Cl. The second-order valence-corrected chi connectivity index (χ2v) is 4.97. The van der Waals surface area contributed by atoms with Crippen LogP contribution < -0.4 is 10.6 Å². The van der Waals surface area contributed by atoms with E-state index in [0.29, 0.717) is 13.0 Å². The zero-order chi connectivity index (χ0) is 14.7. The number of nitrogens with one attached hydrogen (secondary N) is 2. The van der Waals surface area contributed by atoms with Crippen molar-refractivity contribution < 1.29 is 18.4 Å². The van der Waals surface area contributed by atoms with Crippen LogP contribution in [0.4, 0.5) is 8.78 Å². The molecule has 1 aliphatic rings. The van der Waals surface area contributed by atoms with Crippen molar-refractivity contribution in [3.8, 4) is 0 Å². The Bertz CT molecular complexity index is 551. The van der Waals surface area contributed by atoms with Crippen molar-refractivity contribution in [1.29, 1.82) is 0 Å². The van der Waals surface area contributed by atoms with Gasteiger partial charge in [0.2, 0.25) is 5.91 Å². The van der Waals surface area contributed by atoms with Gasteiger partial charge in [0.15, 0.2) is 11.6 Å². The first-order valence-electron chi connectivity index (χ1n) is 6.22. The zero-order valence-corrected chi connectivity index (χ0v) is 11.3. The van der Waals surface area contributed by atoms with Crippen molar-refractivity contribution in [2.24, 2.45) is 0 Å². The van der Waals surface area contributed by atoms with E-state index in [1.807, 2.05) is 0 Å². The Morgan fingerprint density at radius 2 is 2.00 bits per heavy atom. The molecule has 0 radical (unpaired) electrons. The van der Waals surface area contributed by atoms with Crippen molar-refractivity contribution in [2.75, 3.05) is 6.54 Å². The summed E-state index contributed by atoms with van der Waals surface area (Å²) in [6.45, 7) is 0.567. The Morgan fingerprint density at radius 1 is 1.30 bits per heavy atom. The van der Waals surface area contributed by atoms with Gasteiger partial charge in [-0.3, -0.25) is 9.59 Å². The minimum Gasteiger partial charge on any atom is -0.354 e. The molecule has 2 N–H and O–H groups in total. The van der Waals surface area contributed by atoms with Gasteiger partial charge in [0.1, 0.15) is 6.04 Å². The van der Waals surface area contributed by atoms with Crippen LogP contribution in [-0.4, -0.2) is 24.4 Å². The van der Waals surface area contributed by atoms with Crippen molar-refractivity contribution in [2.45, 2.75) is 25.3 Å². The highest BCUT2D eigenvalue weighted by Crippen LogP contribution is 2.20. The predicted molar refractivity (Wildman–Crippen MR) is 69.5 cm³/mol. The number of amides is 2. The van der Waals surface area contributed by atoms with Crippen LogP contribution >= 0.6 is 11.6 Å². The normalized spacial score (nSPS) is 19.1. The zero-order valence-electron chi connectivity index (χ0n) is 10.5. The van der Waals surface area contributed by atoms with Crippen LogP contribution in [0.25, 0.3) is 0 Å². The number of carbonyl (C=O) groups is 2. The largest absolute Gasteiger partial charge is 0.354 e. The fourth-order valence-corrected chi connectivity index (χ4v) is 2.25. The highest BCUT2D eigenvalue weighted by Gasteiger charge is 2.24. The maximum Gasteiger partial charge on any atom is 0.253 e. The topological polar surface area (TPSA) is 58.2 Å². The third kappa shape index (κ3) is 3.25. The second-order valence-electron chi connectivity index (χ2n) is 4.56. The number of rotatable bonds is 2. The molecule has 1 aromatic rings. The first-order valence-corrected chi connectivity index (χ1v) is 6.60. The summed E-state index contributed by atoms with van der Waals surface area (Å²) in [5.41, 5.74) is -0.192. The van der Waals surface area contributed by atoms with Crippen LogP contribution in [0, 0.1) is 11.6 Å². The lowest BCUT2D eigenvalue weighted by atomic mass is 10.1. The first-order chi connectivity index (χ1) is 9.49. The van der Waals surface area contributed by atoms with E-state index in [2.05, 4.69) is 10.6 Å². The fraction of sp³-hybridized carbons (Fsp3) is 0.385. The Hall–Kier alpha value is -1.69. The second kappa shape index (κ2) is 6.17. The van der Waals surface area contributed by atoms with Gasteiger partial charge in [-0.15, -0.1) is 0 Å². The van der Waals surface area contributed by atoms with Gasteiger partial charge < -0.3 is 10.6 Å². The molecule has 7 heteroatoms. The Labute approximate surface area is 119 Å². The molecular weight excluding hydrogens is 290 g/mol. The summed E-state index contributed by atoms with van der Waals surface area (Å²) in [5, 5.41) is 4.96. The highest BCUT2D eigenvalue weighted by molar-refractivity contribution is 6.33. The quantitative estimate of drug-likeness (QED) is 0.821. The van der Waals surface area contributed by atoms with Crippen molar-refractivity contribution in [3.05, 3.63) is 34.4 Å². The molecule has 1 aliphatic heterocycles. The lowest BCUT2D eigenvalue weighted by Crippen LogP contribution is -2.45. The van der Waals surface area contributed by atoms with Crippen LogP contribution in [0.1, 0.15) is 29.6 Å². The van der Waals surface area contributed by atoms with Crippen molar-refractivity contribution in [1.82, 2.24) is 10.6 Å². The van der Waals surface area contributed by atoms with E-state index in [-0.39, 0.29) is 16.5 Å². The summed E-state index contributed by atoms with van der Waals surface area (Å²) in [6, 6.07) is 0.773. The van der Waals surface area contributed by atoms with Gasteiger partial charge in [-0.05, 0) is 31.4 Å². The Kier molecular flexibility index (Phi) is 4.54. The average molecular weight is 303 g/mol. The van der Waals surface area contributed by atoms with Crippen LogP contribution in [-0.2, 0) is 4.79 Å². The summed E-state index contributed by atoms with van der Waals surface area (Å²) in [6.07, 6.45) is 2.12. The van der Waals surface area contributed by atoms with E-state index in [4.69, 9.17) is 11.6 Å². The van der Waals surface area contributed by atoms with E-state index in [0.717, 1.165) is 25.0 Å². The molecule has 4 nitrogen and oxygen atoms in total. The van der Waals surface area contributed by atoms with E-state index in [9.17, 15) is 18.4 Å². The molecule has 20 heavy (non-hydrogen) atoms. The molecule has 1 fully saturated rings. The Morgan fingerprint density at radius 3 is 2.75 bits per heavy atom. The van der Waals surface area contributed by atoms with Gasteiger partial charge in [-0.1, -0.05) is 11.6 Å². The summed E-state index contributed by atoms with van der Waals surface area (Å²) in [4.78, 5) is 23.7. The van der Waals surface area contributed by atoms with Gasteiger partial charge in [-0.2, -0.15) is 0 Å². The standard InChI is InChI=1S/C13H13ClF2N2O2/c14-8-6-10(16)9(15)5-7(8)12(19)18-11-3-1-2-4-17-13(11)20/h5-6,11H,1-4H2,(H,17,20)(H,18,19). The molecule has 108 valence electrons. The average Bonchev–Trinajstić information content (AvgIpc) is 2.59. The minimum atomic E-state index is -1.16. The number of benzene rings is 1. The number of hydrogen-bond acceptors (Lipinski definition) is 2. The molecule has 2 amide bonds. The van der Waals surface area contributed by atoms with Crippen molar-refractivity contribution in [3.63, 3.8) is 0 Å². The van der Waals surface area contributed by atoms with E-state index >= 15 is 0 Å². The summed E-state index contributed by atoms with van der Waals surface area (Å²) < 4.78 is 26.1. The molecule has 1 unspecified atom stereocenters. The van der Waals surface area contributed by atoms with Crippen molar-refractivity contribution >= 4 is 23.4 Å². The molecule has 1 heterocycles. The van der Waals surface area contributed by atoms with Gasteiger partial charge in [0.25, 0.3) is 5.91 Å². The van der Waals surface area contributed by atoms with Crippen LogP contribution in [0.15, 0.2) is 12.1 Å². The lowest BCUT2D eigenvalue weighted by Gasteiger charge is -2.15. The smallest absolute Gasteiger partial charge is 0.253 e. The molecule has 0 spiro atoms. The van der Waals surface area contributed by atoms with E-state index < -0.39 is 23.6 Å². The van der Waals surface area contributed by atoms with E-state index in [1.165, 1.54) is 0 Å². The molecule has 2 rings (SSSR count). The van der Waals surface area contributed by atoms with Gasteiger partial charge in [0, 0.05) is 6.54 Å². The summed E-state index contributed by atoms with van der Waals surface area (Å²) in [5.74, 6) is -3.27. The van der Waals surface area contributed by atoms with Gasteiger partial charge in [0.05, 0.1) is 10.6 Å². The minimum absolute atomic E-state index is 0.192. The third-order valence-corrected chi connectivity index (χ3v) is 3.41. The predicted octanol–water partition coefficient (Wildman–Crippen LogP) is 2.02. The number of halogens is 3. The van der Waals surface area contributed by atoms with Crippen LogP contribution in [0.5, 0.6) is 0 Å². The molecule has 1 atom stereocenters. The molecule has 0 saturated carbocycles. The highest BCUT2D eigenvalue weighted by atomic mass is 35.5. The van der Waals surface area contributed by atoms with Crippen LogP contribution in [0.2, 0.25) is 5.02 Å². The molecule has 1 aromatic carbocycles. The number of hydrogen-bond donors (Lipinski definition) is 2. The summed E-state index contributed by atoms with van der Waals surface area (Å²) in [7, 11) is 0. The maximum absolute atomic E-state index is 13.1. The fourth-order valence-electron chi connectivity index (χ4n) is 2.01. The van der Waals surface area contributed by atoms with Gasteiger partial charge in [-0.25, -0.2) is 8.78 Å². The Balaban J connectivity index is 2.15. The maximum atomic E-state index is 13.1. The molecular formula is C13H13ClF2N2O2. The first kappa shape index (κ1) is 14.7. The van der Waals surface area contributed by atoms with Crippen LogP contribution in [0.3, 0.4) is 0 Å². The van der Waals surface area contributed by atoms with Gasteiger partial charge >= 0.3 is 0 Å². The molecule has 0 bridgehead atoms. The molecule has 0 aliphatic carbocycles. The number of carbonyl (C=O) groups excluding carboxylic acids is 2. The summed E-state index contributed by atoms with van der Waals surface area (Å²) >= 11 is 5.71. The lowest BCUT2D eigenvalue weighted by molar-refractivity contribution is -0.122. The monoisotopic (exact) mass is 302 g/mol. The molecule has 0 aromatic heterocycles. The van der Waals surface area contributed by atoms with E-state index in [1.54, 1.807) is 0 Å².